The lowest BCUT2D eigenvalue weighted by atomic mass is 10.0. The van der Waals surface area contributed by atoms with Gasteiger partial charge in [0.05, 0.1) is 20.1 Å². The number of aromatic nitrogens is 1. The molecular formula is C12H4Cl4F3N. The van der Waals surface area contributed by atoms with Gasteiger partial charge in [-0.25, -0.2) is 0 Å². The van der Waals surface area contributed by atoms with Gasteiger partial charge in [-0.1, -0.05) is 46.4 Å². The number of alkyl halides is 3. The minimum Gasteiger partial charge on any atom is -0.251 e. The molecule has 106 valence electrons. The van der Waals surface area contributed by atoms with Crippen LogP contribution in [0.25, 0.3) is 11.1 Å². The van der Waals surface area contributed by atoms with E-state index in [4.69, 9.17) is 46.4 Å². The lowest BCUT2D eigenvalue weighted by Gasteiger charge is -2.15. The first-order valence-electron chi connectivity index (χ1n) is 5.08. The molecule has 0 aliphatic heterocycles. The molecule has 0 atom stereocenters. The van der Waals surface area contributed by atoms with Crippen LogP contribution in [0, 0.1) is 0 Å². The first-order valence-corrected chi connectivity index (χ1v) is 6.59. The summed E-state index contributed by atoms with van der Waals surface area (Å²) in [5, 5.41) is 0.0699. The summed E-state index contributed by atoms with van der Waals surface area (Å²) in [4.78, 5) is 3.34. The first kappa shape index (κ1) is 15.7. The van der Waals surface area contributed by atoms with Crippen LogP contribution in [-0.4, -0.2) is 4.98 Å². The highest BCUT2D eigenvalue weighted by Crippen LogP contribution is 2.43. The molecule has 0 aliphatic rings. The molecule has 1 aromatic carbocycles. The van der Waals surface area contributed by atoms with E-state index in [1.165, 1.54) is 18.2 Å². The van der Waals surface area contributed by atoms with Gasteiger partial charge in [0, 0.05) is 17.3 Å². The second-order valence-electron chi connectivity index (χ2n) is 3.76. The minimum absolute atomic E-state index is 0.000185. The Morgan fingerprint density at radius 2 is 1.45 bits per heavy atom. The second-order valence-corrected chi connectivity index (χ2v) is 5.39. The van der Waals surface area contributed by atoms with Gasteiger partial charge in [0.2, 0.25) is 0 Å². The highest BCUT2D eigenvalue weighted by Gasteiger charge is 2.37. The molecule has 20 heavy (non-hydrogen) atoms. The van der Waals surface area contributed by atoms with Gasteiger partial charge in [-0.15, -0.1) is 0 Å². The molecule has 0 spiro atoms. The molecule has 0 bridgehead atoms. The van der Waals surface area contributed by atoms with Crippen LogP contribution in [0.15, 0.2) is 24.4 Å². The lowest BCUT2D eigenvalue weighted by Crippen LogP contribution is -2.10. The number of benzene rings is 1. The molecule has 0 radical (unpaired) electrons. The highest BCUT2D eigenvalue weighted by atomic mass is 35.5. The fraction of sp³-hybridized carbons (Fsp3) is 0.0833. The van der Waals surface area contributed by atoms with Crippen LogP contribution in [0.4, 0.5) is 13.2 Å². The van der Waals surface area contributed by atoms with E-state index in [2.05, 4.69) is 4.98 Å². The molecule has 1 nitrogen and oxygen atoms in total. The third-order valence-electron chi connectivity index (χ3n) is 2.45. The van der Waals surface area contributed by atoms with Crippen molar-refractivity contribution in [3.8, 4) is 11.1 Å². The predicted molar refractivity (Wildman–Crippen MR) is 74.7 cm³/mol. The van der Waals surface area contributed by atoms with E-state index < -0.39 is 11.9 Å². The Bertz CT molecular complexity index is 670. The molecule has 2 aromatic rings. The Balaban J connectivity index is 2.79. The Kier molecular flexibility index (Phi) is 4.40. The Labute approximate surface area is 132 Å². The van der Waals surface area contributed by atoms with Gasteiger partial charge < -0.3 is 0 Å². The zero-order valence-corrected chi connectivity index (χ0v) is 12.4. The van der Waals surface area contributed by atoms with E-state index in [1.54, 1.807) is 0 Å². The topological polar surface area (TPSA) is 12.9 Å². The molecule has 0 aliphatic carbocycles. The SMILES string of the molecule is FC(F)(F)c1nccc(Cl)c1-c1cc(Cl)c(Cl)cc1Cl. The average molecular weight is 361 g/mol. The average Bonchev–Trinajstić information content (AvgIpc) is 2.33. The predicted octanol–water partition coefficient (Wildman–Crippen LogP) is 6.38. The lowest BCUT2D eigenvalue weighted by molar-refractivity contribution is -0.140. The third kappa shape index (κ3) is 2.98. The van der Waals surface area contributed by atoms with Gasteiger partial charge in [-0.05, 0) is 18.2 Å². The quantitative estimate of drug-likeness (QED) is 0.537. The minimum atomic E-state index is -4.67. The van der Waals surface area contributed by atoms with Crippen molar-refractivity contribution in [2.45, 2.75) is 6.18 Å². The second kappa shape index (κ2) is 5.60. The van der Waals surface area contributed by atoms with Crippen molar-refractivity contribution >= 4 is 46.4 Å². The van der Waals surface area contributed by atoms with Crippen molar-refractivity contribution in [3.05, 3.63) is 50.2 Å². The van der Waals surface area contributed by atoms with E-state index >= 15 is 0 Å². The van der Waals surface area contributed by atoms with Crippen LogP contribution >= 0.6 is 46.4 Å². The smallest absolute Gasteiger partial charge is 0.251 e. The molecule has 1 heterocycles. The normalized spacial score (nSPS) is 11.8. The van der Waals surface area contributed by atoms with Crippen molar-refractivity contribution in [1.29, 1.82) is 0 Å². The van der Waals surface area contributed by atoms with Crippen LogP contribution in [0.3, 0.4) is 0 Å². The van der Waals surface area contributed by atoms with Crippen LogP contribution in [-0.2, 0) is 6.18 Å². The van der Waals surface area contributed by atoms with Gasteiger partial charge in [0.25, 0.3) is 0 Å². The summed E-state index contributed by atoms with van der Waals surface area (Å²) in [5.41, 5.74) is -1.44. The zero-order valence-electron chi connectivity index (χ0n) is 9.40. The molecule has 0 saturated carbocycles. The maximum absolute atomic E-state index is 13.0. The Morgan fingerprint density at radius 1 is 0.850 bits per heavy atom. The number of hydrogen-bond acceptors (Lipinski definition) is 1. The molecular weight excluding hydrogens is 357 g/mol. The van der Waals surface area contributed by atoms with Crippen LogP contribution in [0.5, 0.6) is 0 Å². The molecule has 0 unspecified atom stereocenters. The van der Waals surface area contributed by atoms with Crippen LogP contribution < -0.4 is 0 Å². The van der Waals surface area contributed by atoms with Crippen molar-refractivity contribution < 1.29 is 13.2 Å². The van der Waals surface area contributed by atoms with Gasteiger partial charge >= 0.3 is 6.18 Å². The summed E-state index contributed by atoms with van der Waals surface area (Å²) in [6.07, 6.45) is -3.70. The summed E-state index contributed by atoms with van der Waals surface area (Å²) in [6.45, 7) is 0. The zero-order chi connectivity index (χ0) is 15.1. The molecule has 0 N–H and O–H groups in total. The molecule has 0 saturated heterocycles. The number of pyridine rings is 1. The highest BCUT2D eigenvalue weighted by molar-refractivity contribution is 6.44. The van der Waals surface area contributed by atoms with Crippen molar-refractivity contribution in [3.63, 3.8) is 0 Å². The number of hydrogen-bond donors (Lipinski definition) is 0. The van der Waals surface area contributed by atoms with Crippen LogP contribution in [0.2, 0.25) is 20.1 Å². The molecule has 1 aromatic heterocycles. The van der Waals surface area contributed by atoms with E-state index in [0.717, 1.165) is 6.20 Å². The van der Waals surface area contributed by atoms with E-state index in [9.17, 15) is 13.2 Å². The molecule has 0 fully saturated rings. The van der Waals surface area contributed by atoms with Crippen molar-refractivity contribution in [1.82, 2.24) is 4.98 Å². The van der Waals surface area contributed by atoms with Crippen molar-refractivity contribution in [2.75, 3.05) is 0 Å². The summed E-state index contributed by atoms with van der Waals surface area (Å²) in [7, 11) is 0. The van der Waals surface area contributed by atoms with Gasteiger partial charge in [0.1, 0.15) is 0 Å². The Morgan fingerprint density at radius 3 is 2.05 bits per heavy atom. The van der Waals surface area contributed by atoms with E-state index in [-0.39, 0.29) is 31.2 Å². The first-order chi connectivity index (χ1) is 9.21. The summed E-state index contributed by atoms with van der Waals surface area (Å²) in [5.74, 6) is 0. The van der Waals surface area contributed by atoms with E-state index in [1.807, 2.05) is 0 Å². The summed E-state index contributed by atoms with van der Waals surface area (Å²) < 4.78 is 39.0. The van der Waals surface area contributed by atoms with Crippen molar-refractivity contribution in [2.24, 2.45) is 0 Å². The maximum Gasteiger partial charge on any atom is 0.434 e. The molecule has 0 amide bonds. The summed E-state index contributed by atoms with van der Waals surface area (Å²) in [6, 6.07) is 3.72. The van der Waals surface area contributed by atoms with Gasteiger partial charge in [-0.3, -0.25) is 4.98 Å². The van der Waals surface area contributed by atoms with Gasteiger partial charge in [0.15, 0.2) is 5.69 Å². The van der Waals surface area contributed by atoms with Gasteiger partial charge in [-0.2, -0.15) is 13.2 Å². The number of nitrogens with zero attached hydrogens (tertiary/aromatic N) is 1. The fourth-order valence-electron chi connectivity index (χ4n) is 1.62. The number of rotatable bonds is 1. The summed E-state index contributed by atoms with van der Waals surface area (Å²) >= 11 is 23.4. The van der Waals surface area contributed by atoms with E-state index in [0.29, 0.717) is 0 Å². The molecule has 2 rings (SSSR count). The standard InChI is InChI=1S/C12H4Cl4F3N/c13-6-1-2-20-11(12(17,18)19)10(6)5-3-8(15)9(16)4-7(5)14/h1-4H. The maximum atomic E-state index is 13.0. The largest absolute Gasteiger partial charge is 0.434 e. The van der Waals surface area contributed by atoms with Crippen LogP contribution in [0.1, 0.15) is 5.69 Å². The Hall–Kier alpha value is -0.680. The monoisotopic (exact) mass is 359 g/mol. The third-order valence-corrected chi connectivity index (χ3v) is 3.80. The molecule has 8 heteroatoms. The number of halogens is 7. The fourth-order valence-corrected chi connectivity index (χ4v) is 2.51.